The molecule has 0 spiro atoms. The minimum atomic E-state index is -2.71. The van der Waals surface area contributed by atoms with Crippen molar-refractivity contribution < 1.29 is 8.42 Å². The Balaban J connectivity index is 1.93. The maximum atomic E-state index is 11.4. The zero-order valence-corrected chi connectivity index (χ0v) is 10.2. The summed E-state index contributed by atoms with van der Waals surface area (Å²) in [4.78, 5) is 0. The summed E-state index contributed by atoms with van der Waals surface area (Å²) in [5, 5.41) is 3.55. The summed E-state index contributed by atoms with van der Waals surface area (Å²) in [6, 6.07) is 0.474. The van der Waals surface area contributed by atoms with Crippen molar-refractivity contribution in [3.63, 3.8) is 0 Å². The fourth-order valence-electron chi connectivity index (χ4n) is 2.59. The molecule has 88 valence electrons. The van der Waals surface area contributed by atoms with E-state index in [0.29, 0.717) is 23.5 Å². The Labute approximate surface area is 92.6 Å². The summed E-state index contributed by atoms with van der Waals surface area (Å²) >= 11 is 0. The Hall–Kier alpha value is -0.0900. The second-order valence-corrected chi connectivity index (χ2v) is 7.21. The predicted molar refractivity (Wildman–Crippen MR) is 61.6 cm³/mol. The van der Waals surface area contributed by atoms with E-state index in [4.69, 9.17) is 0 Å². The smallest absolute Gasteiger partial charge is 0.150 e. The SMILES string of the molecule is CCCNC(C1CC1)C1CCS(=O)(=O)C1. The molecular formula is C11H21NO2S. The third-order valence-electron chi connectivity index (χ3n) is 3.54. The first-order valence-corrected chi connectivity index (χ1v) is 7.88. The monoisotopic (exact) mass is 231 g/mol. The van der Waals surface area contributed by atoms with Gasteiger partial charge in [0.15, 0.2) is 9.84 Å². The van der Waals surface area contributed by atoms with Gasteiger partial charge < -0.3 is 5.32 Å². The van der Waals surface area contributed by atoms with E-state index in [2.05, 4.69) is 12.2 Å². The standard InChI is InChI=1S/C11H21NO2S/c1-2-6-12-11(9-3-4-9)10-5-7-15(13,14)8-10/h9-12H,2-8H2,1H3. The van der Waals surface area contributed by atoms with Gasteiger partial charge in [-0.25, -0.2) is 8.42 Å². The maximum Gasteiger partial charge on any atom is 0.150 e. The molecule has 2 atom stereocenters. The molecule has 1 saturated heterocycles. The molecule has 1 aliphatic heterocycles. The lowest BCUT2D eigenvalue weighted by Crippen LogP contribution is -2.39. The van der Waals surface area contributed by atoms with Crippen molar-refractivity contribution in [3.8, 4) is 0 Å². The molecule has 1 N–H and O–H groups in total. The van der Waals surface area contributed by atoms with Crippen LogP contribution in [0.2, 0.25) is 0 Å². The van der Waals surface area contributed by atoms with E-state index in [1.165, 1.54) is 12.8 Å². The minimum Gasteiger partial charge on any atom is -0.313 e. The Bertz CT molecular complexity index is 309. The molecule has 1 heterocycles. The van der Waals surface area contributed by atoms with E-state index in [1.807, 2.05) is 0 Å². The molecular weight excluding hydrogens is 210 g/mol. The summed E-state index contributed by atoms with van der Waals surface area (Å²) in [6.07, 6.45) is 4.58. The molecule has 1 aliphatic carbocycles. The molecule has 4 heteroatoms. The van der Waals surface area contributed by atoms with Crippen LogP contribution < -0.4 is 5.32 Å². The molecule has 0 amide bonds. The average Bonchev–Trinajstić information content (AvgIpc) is 2.93. The van der Waals surface area contributed by atoms with Crippen LogP contribution in [0.15, 0.2) is 0 Å². The van der Waals surface area contributed by atoms with E-state index in [9.17, 15) is 8.42 Å². The zero-order valence-electron chi connectivity index (χ0n) is 9.41. The van der Waals surface area contributed by atoms with Crippen LogP contribution in [0, 0.1) is 11.8 Å². The molecule has 2 unspecified atom stereocenters. The predicted octanol–water partition coefficient (Wildman–Crippen LogP) is 1.20. The van der Waals surface area contributed by atoms with Crippen molar-refractivity contribution >= 4 is 9.84 Å². The Morgan fingerprint density at radius 2 is 2.00 bits per heavy atom. The number of hydrogen-bond acceptors (Lipinski definition) is 3. The van der Waals surface area contributed by atoms with Gasteiger partial charge in [-0.05, 0) is 44.1 Å². The fraction of sp³-hybridized carbons (Fsp3) is 1.00. The highest BCUT2D eigenvalue weighted by atomic mass is 32.2. The summed E-state index contributed by atoms with van der Waals surface area (Å²) in [5.41, 5.74) is 0. The highest BCUT2D eigenvalue weighted by Gasteiger charge is 2.40. The summed E-state index contributed by atoms with van der Waals surface area (Å²) in [7, 11) is -2.71. The Morgan fingerprint density at radius 1 is 1.27 bits per heavy atom. The van der Waals surface area contributed by atoms with Crippen molar-refractivity contribution in [1.29, 1.82) is 0 Å². The fourth-order valence-corrected chi connectivity index (χ4v) is 4.45. The average molecular weight is 231 g/mol. The number of rotatable bonds is 5. The summed E-state index contributed by atoms with van der Waals surface area (Å²) in [5.74, 6) is 1.98. The molecule has 0 radical (unpaired) electrons. The van der Waals surface area contributed by atoms with Gasteiger partial charge in [-0.3, -0.25) is 0 Å². The molecule has 1 saturated carbocycles. The quantitative estimate of drug-likeness (QED) is 0.773. The lowest BCUT2D eigenvalue weighted by atomic mass is 9.95. The molecule has 2 fully saturated rings. The van der Waals surface area contributed by atoms with Crippen molar-refractivity contribution in [1.82, 2.24) is 5.32 Å². The summed E-state index contributed by atoms with van der Waals surface area (Å²) < 4.78 is 22.9. The normalized spacial score (nSPS) is 31.7. The van der Waals surface area contributed by atoms with Crippen molar-refractivity contribution in [3.05, 3.63) is 0 Å². The maximum absolute atomic E-state index is 11.4. The molecule has 0 bridgehead atoms. The Kier molecular flexibility index (Phi) is 3.36. The van der Waals surface area contributed by atoms with Crippen LogP contribution in [-0.2, 0) is 9.84 Å². The molecule has 0 aromatic heterocycles. The first-order chi connectivity index (χ1) is 7.12. The molecule has 15 heavy (non-hydrogen) atoms. The molecule has 0 aromatic rings. The van der Waals surface area contributed by atoms with Gasteiger partial charge >= 0.3 is 0 Å². The lowest BCUT2D eigenvalue weighted by molar-refractivity contribution is 0.346. The molecule has 3 nitrogen and oxygen atoms in total. The molecule has 0 aromatic carbocycles. The van der Waals surface area contributed by atoms with Crippen LogP contribution in [-0.4, -0.2) is 32.5 Å². The zero-order chi connectivity index (χ0) is 10.9. The lowest BCUT2D eigenvalue weighted by Gasteiger charge is -2.23. The molecule has 2 rings (SSSR count). The van der Waals surface area contributed by atoms with Gasteiger partial charge in [0.1, 0.15) is 0 Å². The van der Waals surface area contributed by atoms with Crippen LogP contribution in [0.25, 0.3) is 0 Å². The third kappa shape index (κ3) is 2.94. The van der Waals surface area contributed by atoms with Crippen molar-refractivity contribution in [2.24, 2.45) is 11.8 Å². The van der Waals surface area contributed by atoms with Crippen molar-refractivity contribution in [2.75, 3.05) is 18.1 Å². The van der Waals surface area contributed by atoms with Gasteiger partial charge in [-0.1, -0.05) is 6.92 Å². The van der Waals surface area contributed by atoms with E-state index >= 15 is 0 Å². The van der Waals surface area contributed by atoms with Gasteiger partial charge in [0.2, 0.25) is 0 Å². The second kappa shape index (κ2) is 4.42. The van der Waals surface area contributed by atoms with Gasteiger partial charge in [-0.2, -0.15) is 0 Å². The topological polar surface area (TPSA) is 46.2 Å². The first kappa shape index (κ1) is 11.4. The number of hydrogen-bond donors (Lipinski definition) is 1. The van der Waals surface area contributed by atoms with Crippen LogP contribution >= 0.6 is 0 Å². The van der Waals surface area contributed by atoms with E-state index in [1.54, 1.807) is 0 Å². The van der Waals surface area contributed by atoms with Crippen LogP contribution in [0.1, 0.15) is 32.6 Å². The van der Waals surface area contributed by atoms with Gasteiger partial charge in [-0.15, -0.1) is 0 Å². The van der Waals surface area contributed by atoms with E-state index in [-0.39, 0.29) is 0 Å². The Morgan fingerprint density at radius 3 is 2.47 bits per heavy atom. The van der Waals surface area contributed by atoms with Crippen LogP contribution in [0.5, 0.6) is 0 Å². The minimum absolute atomic E-state index is 0.383. The van der Waals surface area contributed by atoms with Crippen molar-refractivity contribution in [2.45, 2.75) is 38.6 Å². The first-order valence-electron chi connectivity index (χ1n) is 6.06. The van der Waals surface area contributed by atoms with Crippen LogP contribution in [0.3, 0.4) is 0 Å². The second-order valence-electron chi connectivity index (χ2n) is 4.98. The van der Waals surface area contributed by atoms with E-state index < -0.39 is 9.84 Å². The van der Waals surface area contributed by atoms with Crippen LogP contribution in [0.4, 0.5) is 0 Å². The largest absolute Gasteiger partial charge is 0.313 e. The van der Waals surface area contributed by atoms with Gasteiger partial charge in [0.05, 0.1) is 11.5 Å². The van der Waals surface area contributed by atoms with Gasteiger partial charge in [0.25, 0.3) is 0 Å². The third-order valence-corrected chi connectivity index (χ3v) is 5.33. The highest BCUT2D eigenvalue weighted by molar-refractivity contribution is 7.91. The number of sulfone groups is 1. The molecule has 2 aliphatic rings. The van der Waals surface area contributed by atoms with E-state index in [0.717, 1.165) is 25.3 Å². The highest BCUT2D eigenvalue weighted by Crippen LogP contribution is 2.38. The summed E-state index contributed by atoms with van der Waals surface area (Å²) in [6.45, 7) is 3.18. The number of nitrogens with one attached hydrogen (secondary N) is 1. The van der Waals surface area contributed by atoms with Gasteiger partial charge in [0, 0.05) is 6.04 Å².